The highest BCUT2D eigenvalue weighted by atomic mass is 16.5. The number of ether oxygens (including phenoxy) is 1. The molecule has 0 atom stereocenters. The number of aromatic hydroxyl groups is 1. The molecule has 32 heavy (non-hydrogen) atoms. The van der Waals surface area contributed by atoms with Crippen molar-refractivity contribution in [3.63, 3.8) is 0 Å². The van der Waals surface area contributed by atoms with Gasteiger partial charge >= 0.3 is 5.97 Å². The van der Waals surface area contributed by atoms with E-state index in [0.717, 1.165) is 60.3 Å². The summed E-state index contributed by atoms with van der Waals surface area (Å²) in [6.07, 6.45) is 4.27. The third-order valence-electron chi connectivity index (χ3n) is 6.37. The Morgan fingerprint density at radius 2 is 1.72 bits per heavy atom. The zero-order chi connectivity index (χ0) is 22.5. The van der Waals surface area contributed by atoms with Crippen LogP contribution in [0.5, 0.6) is 5.75 Å². The smallest absolute Gasteiger partial charge is 0.329 e. The number of carboxylic acids is 1. The van der Waals surface area contributed by atoms with Gasteiger partial charge in [0, 0.05) is 23.4 Å². The number of carboxylic acid groups (broad SMARTS) is 1. The second kappa shape index (κ2) is 10.0. The summed E-state index contributed by atoms with van der Waals surface area (Å²) in [5.41, 5.74) is 5.12. The summed E-state index contributed by atoms with van der Waals surface area (Å²) in [6, 6.07) is 17.5. The number of hydrogen-bond donors (Lipinski definition) is 2. The van der Waals surface area contributed by atoms with Crippen LogP contribution in [0.25, 0.3) is 22.4 Å². The Morgan fingerprint density at radius 1 is 1.03 bits per heavy atom. The van der Waals surface area contributed by atoms with Crippen LogP contribution in [0.15, 0.2) is 54.6 Å². The van der Waals surface area contributed by atoms with E-state index in [1.54, 1.807) is 12.1 Å². The fraction of sp³-hybridized carbons (Fsp3) is 0.385. The van der Waals surface area contributed by atoms with Gasteiger partial charge in [-0.05, 0) is 62.1 Å². The maximum absolute atomic E-state index is 10.6. The minimum absolute atomic E-state index is 0.216. The number of phenols is 1. The van der Waals surface area contributed by atoms with Crippen molar-refractivity contribution in [2.24, 2.45) is 11.8 Å². The van der Waals surface area contributed by atoms with Gasteiger partial charge in [-0.3, -0.25) is 4.68 Å². The van der Waals surface area contributed by atoms with Crippen LogP contribution >= 0.6 is 0 Å². The minimum atomic E-state index is -0.912. The molecule has 0 saturated heterocycles. The van der Waals surface area contributed by atoms with Gasteiger partial charge < -0.3 is 14.9 Å². The van der Waals surface area contributed by atoms with Crippen molar-refractivity contribution < 1.29 is 19.7 Å². The van der Waals surface area contributed by atoms with E-state index in [1.807, 2.05) is 30.3 Å². The van der Waals surface area contributed by atoms with Gasteiger partial charge in [0.15, 0.2) is 0 Å². The summed E-state index contributed by atoms with van der Waals surface area (Å²) in [4.78, 5) is 10.6. The van der Waals surface area contributed by atoms with Gasteiger partial charge in [0.1, 0.15) is 18.1 Å². The Hall–Kier alpha value is -3.12. The fourth-order valence-corrected chi connectivity index (χ4v) is 4.67. The monoisotopic (exact) mass is 434 g/mol. The molecule has 168 valence electrons. The molecule has 0 aliphatic heterocycles. The summed E-state index contributed by atoms with van der Waals surface area (Å²) in [5.74, 6) is 0.304. The summed E-state index contributed by atoms with van der Waals surface area (Å²) >= 11 is 0. The van der Waals surface area contributed by atoms with Crippen LogP contribution in [0, 0.1) is 18.8 Å². The summed E-state index contributed by atoms with van der Waals surface area (Å²) in [6.45, 7) is 3.27. The van der Waals surface area contributed by atoms with Crippen LogP contribution in [0.2, 0.25) is 0 Å². The van der Waals surface area contributed by atoms with Gasteiger partial charge in [-0.2, -0.15) is 5.10 Å². The highest BCUT2D eigenvalue weighted by Crippen LogP contribution is 2.37. The normalized spacial score (nSPS) is 18.5. The molecule has 2 aromatic carbocycles. The van der Waals surface area contributed by atoms with Crippen LogP contribution in [-0.4, -0.2) is 39.2 Å². The minimum Gasteiger partial charge on any atom is -0.508 e. The van der Waals surface area contributed by atoms with Crippen molar-refractivity contribution in [2.75, 3.05) is 13.2 Å². The van der Waals surface area contributed by atoms with Crippen molar-refractivity contribution in [1.29, 1.82) is 0 Å². The topological polar surface area (TPSA) is 84.6 Å². The molecule has 1 saturated carbocycles. The first-order valence-corrected chi connectivity index (χ1v) is 11.2. The number of rotatable bonds is 8. The molecule has 1 aromatic heterocycles. The average molecular weight is 435 g/mol. The number of aromatic nitrogens is 2. The Bertz CT molecular complexity index is 1050. The SMILES string of the molecule is Cc1c(-c2cccc(O)c2)c(-c2ccccc2)nn1C[C@H]1CC[C@@H](COCC(=O)O)CC1. The molecule has 0 radical (unpaired) electrons. The van der Waals surface area contributed by atoms with Gasteiger partial charge in [0.2, 0.25) is 0 Å². The molecular weight excluding hydrogens is 404 g/mol. The predicted molar refractivity (Wildman–Crippen MR) is 123 cm³/mol. The van der Waals surface area contributed by atoms with Crippen LogP contribution in [0.3, 0.4) is 0 Å². The molecule has 0 amide bonds. The van der Waals surface area contributed by atoms with Crippen LogP contribution in [0.1, 0.15) is 31.4 Å². The molecule has 0 bridgehead atoms. The first-order valence-electron chi connectivity index (χ1n) is 11.2. The second-order valence-corrected chi connectivity index (χ2v) is 8.70. The van der Waals surface area contributed by atoms with Crippen molar-refractivity contribution in [1.82, 2.24) is 9.78 Å². The lowest BCUT2D eigenvalue weighted by atomic mass is 9.82. The summed E-state index contributed by atoms with van der Waals surface area (Å²) < 4.78 is 7.42. The van der Waals surface area contributed by atoms with Crippen molar-refractivity contribution in [3.8, 4) is 28.1 Å². The molecule has 1 aliphatic rings. The predicted octanol–water partition coefficient (Wildman–Crippen LogP) is 5.14. The van der Waals surface area contributed by atoms with Crippen molar-refractivity contribution in [3.05, 3.63) is 60.3 Å². The zero-order valence-corrected chi connectivity index (χ0v) is 18.4. The molecule has 6 nitrogen and oxygen atoms in total. The van der Waals surface area contributed by atoms with Gasteiger partial charge in [-0.1, -0.05) is 42.5 Å². The van der Waals surface area contributed by atoms with E-state index in [0.29, 0.717) is 18.4 Å². The third-order valence-corrected chi connectivity index (χ3v) is 6.37. The van der Waals surface area contributed by atoms with Gasteiger partial charge in [-0.15, -0.1) is 0 Å². The molecule has 0 unspecified atom stereocenters. The van der Waals surface area contributed by atoms with Crippen molar-refractivity contribution >= 4 is 5.97 Å². The van der Waals surface area contributed by atoms with E-state index in [2.05, 4.69) is 23.7 Å². The number of nitrogens with zero attached hydrogens (tertiary/aromatic N) is 2. The summed E-state index contributed by atoms with van der Waals surface area (Å²) in [7, 11) is 0. The van der Waals surface area contributed by atoms with Gasteiger partial charge in [-0.25, -0.2) is 4.79 Å². The van der Waals surface area contributed by atoms with E-state index in [-0.39, 0.29) is 12.4 Å². The molecule has 1 fully saturated rings. The molecular formula is C26H30N2O4. The first-order chi connectivity index (χ1) is 15.5. The Balaban J connectivity index is 1.52. The Kier molecular flexibility index (Phi) is 6.90. The molecule has 4 rings (SSSR count). The Labute approximate surface area is 188 Å². The van der Waals surface area contributed by atoms with Crippen LogP contribution in [-0.2, 0) is 16.1 Å². The van der Waals surface area contributed by atoms with E-state index in [4.69, 9.17) is 14.9 Å². The third kappa shape index (κ3) is 5.19. The lowest BCUT2D eigenvalue weighted by molar-refractivity contribution is -0.142. The standard InChI is InChI=1S/C26H30N2O4/c1-18-25(22-8-5-9-23(29)14-22)26(21-6-3-2-4-7-21)27-28(18)15-19-10-12-20(13-11-19)16-32-17-24(30)31/h2-9,14,19-20,29H,10-13,15-17H2,1H3,(H,30,31)/t19-,20+. The van der Waals surface area contributed by atoms with Crippen LogP contribution < -0.4 is 0 Å². The number of hydrogen-bond acceptors (Lipinski definition) is 4. The largest absolute Gasteiger partial charge is 0.508 e. The number of carbonyl (C=O) groups is 1. The highest BCUT2D eigenvalue weighted by Gasteiger charge is 2.25. The molecule has 1 heterocycles. The lowest BCUT2D eigenvalue weighted by Crippen LogP contribution is -2.23. The quantitative estimate of drug-likeness (QED) is 0.513. The van der Waals surface area contributed by atoms with E-state index < -0.39 is 5.97 Å². The number of phenolic OH excluding ortho intramolecular Hbond substituents is 1. The maximum Gasteiger partial charge on any atom is 0.329 e. The summed E-state index contributed by atoms with van der Waals surface area (Å²) in [5, 5.41) is 23.8. The molecule has 1 aliphatic carbocycles. The van der Waals surface area contributed by atoms with E-state index in [9.17, 15) is 9.90 Å². The highest BCUT2D eigenvalue weighted by molar-refractivity contribution is 5.83. The van der Waals surface area contributed by atoms with E-state index >= 15 is 0 Å². The average Bonchev–Trinajstić information content (AvgIpc) is 3.11. The number of benzene rings is 2. The molecule has 3 aromatic rings. The molecule has 6 heteroatoms. The van der Waals surface area contributed by atoms with Gasteiger partial charge in [0.25, 0.3) is 0 Å². The molecule has 0 spiro atoms. The maximum atomic E-state index is 10.6. The van der Waals surface area contributed by atoms with Crippen molar-refractivity contribution in [2.45, 2.75) is 39.2 Å². The first kappa shape index (κ1) is 22.1. The van der Waals surface area contributed by atoms with E-state index in [1.165, 1.54) is 0 Å². The fourth-order valence-electron chi connectivity index (χ4n) is 4.67. The lowest BCUT2D eigenvalue weighted by Gasteiger charge is -2.28. The zero-order valence-electron chi connectivity index (χ0n) is 18.4. The van der Waals surface area contributed by atoms with Gasteiger partial charge in [0.05, 0.1) is 6.61 Å². The number of aliphatic carboxylic acids is 1. The Morgan fingerprint density at radius 3 is 2.41 bits per heavy atom. The second-order valence-electron chi connectivity index (χ2n) is 8.70. The van der Waals surface area contributed by atoms with Crippen LogP contribution in [0.4, 0.5) is 0 Å². The molecule has 2 N–H and O–H groups in total.